The molecule has 1 aromatic rings. The Kier molecular flexibility index (Phi) is 8.40. The van der Waals surface area contributed by atoms with Crippen molar-refractivity contribution in [3.8, 4) is 0 Å². The molecule has 0 spiro atoms. The standard InChI is InChI=1S/C23H33N5O4/c1-23(2,3)32-22(31)27-12-9-16(10-13-27)17-7-8-18(19(15-17)25-4)20(24)28(11-6-14-29)21(30)26-5/h7-9,14-15,24-25H,6,10-13H2,1-5H3,(H,26,30). The van der Waals surface area contributed by atoms with E-state index in [1.54, 1.807) is 18.0 Å². The number of aldehydes is 1. The smallest absolute Gasteiger partial charge is 0.410 e. The second-order valence-corrected chi connectivity index (χ2v) is 8.43. The lowest BCUT2D eigenvalue weighted by atomic mass is 9.97. The first-order valence-electron chi connectivity index (χ1n) is 10.6. The molecule has 0 bridgehead atoms. The fraction of sp³-hybridized carbons (Fsp3) is 0.478. The van der Waals surface area contributed by atoms with E-state index in [1.165, 1.54) is 11.9 Å². The lowest BCUT2D eigenvalue weighted by Gasteiger charge is -2.30. The van der Waals surface area contributed by atoms with Gasteiger partial charge in [-0.3, -0.25) is 10.3 Å². The van der Waals surface area contributed by atoms with Gasteiger partial charge in [0.2, 0.25) is 0 Å². The third-order valence-electron chi connectivity index (χ3n) is 4.98. The van der Waals surface area contributed by atoms with Gasteiger partial charge in [0.15, 0.2) is 0 Å². The van der Waals surface area contributed by atoms with Crippen LogP contribution in [0.25, 0.3) is 5.57 Å². The molecule has 0 saturated carbocycles. The Labute approximate surface area is 189 Å². The van der Waals surface area contributed by atoms with Crippen LogP contribution in [0.3, 0.4) is 0 Å². The van der Waals surface area contributed by atoms with Crippen LogP contribution in [0.2, 0.25) is 0 Å². The number of carbonyl (C=O) groups is 3. The van der Waals surface area contributed by atoms with Gasteiger partial charge in [-0.25, -0.2) is 9.59 Å². The number of benzene rings is 1. The van der Waals surface area contributed by atoms with Crippen molar-refractivity contribution in [2.45, 2.75) is 39.2 Å². The molecule has 32 heavy (non-hydrogen) atoms. The molecule has 1 heterocycles. The minimum absolute atomic E-state index is 0.0100. The molecule has 9 heteroatoms. The molecule has 1 aliphatic heterocycles. The zero-order valence-corrected chi connectivity index (χ0v) is 19.4. The van der Waals surface area contributed by atoms with Crippen molar-refractivity contribution in [1.82, 2.24) is 15.1 Å². The maximum atomic E-state index is 12.3. The van der Waals surface area contributed by atoms with Crippen LogP contribution in [-0.4, -0.2) is 73.4 Å². The predicted octanol–water partition coefficient (Wildman–Crippen LogP) is 3.31. The maximum absolute atomic E-state index is 12.3. The van der Waals surface area contributed by atoms with Crippen molar-refractivity contribution in [3.05, 3.63) is 35.4 Å². The molecule has 3 N–H and O–H groups in total. The molecule has 0 unspecified atom stereocenters. The molecule has 0 aliphatic carbocycles. The normalized spacial score (nSPS) is 13.7. The van der Waals surface area contributed by atoms with Gasteiger partial charge in [-0.05, 0) is 50.5 Å². The van der Waals surface area contributed by atoms with Gasteiger partial charge < -0.3 is 25.1 Å². The summed E-state index contributed by atoms with van der Waals surface area (Å²) in [5, 5.41) is 14.1. The van der Waals surface area contributed by atoms with Gasteiger partial charge >= 0.3 is 12.1 Å². The number of urea groups is 1. The highest BCUT2D eigenvalue weighted by atomic mass is 16.6. The summed E-state index contributed by atoms with van der Waals surface area (Å²) in [5.74, 6) is 0.0100. The fourth-order valence-electron chi connectivity index (χ4n) is 3.36. The summed E-state index contributed by atoms with van der Waals surface area (Å²) >= 11 is 0. The van der Waals surface area contributed by atoms with E-state index in [2.05, 4.69) is 10.6 Å². The molecular weight excluding hydrogens is 410 g/mol. The molecule has 3 amide bonds. The monoisotopic (exact) mass is 443 g/mol. The van der Waals surface area contributed by atoms with E-state index in [-0.39, 0.29) is 24.9 Å². The summed E-state index contributed by atoms with van der Waals surface area (Å²) in [6.07, 6.45) is 3.24. The molecule has 9 nitrogen and oxygen atoms in total. The van der Waals surface area contributed by atoms with Crippen LogP contribution >= 0.6 is 0 Å². The molecule has 1 aromatic carbocycles. The molecule has 0 saturated heterocycles. The topological polar surface area (TPSA) is 115 Å². The fourth-order valence-corrected chi connectivity index (χ4v) is 3.36. The van der Waals surface area contributed by atoms with Crippen molar-refractivity contribution in [1.29, 1.82) is 5.41 Å². The third-order valence-corrected chi connectivity index (χ3v) is 4.98. The van der Waals surface area contributed by atoms with E-state index >= 15 is 0 Å². The summed E-state index contributed by atoms with van der Waals surface area (Å²) < 4.78 is 5.44. The van der Waals surface area contributed by atoms with Crippen LogP contribution in [-0.2, 0) is 9.53 Å². The molecule has 0 fully saturated rings. The zero-order valence-electron chi connectivity index (χ0n) is 19.4. The molecule has 1 aliphatic rings. The molecule has 174 valence electrons. The predicted molar refractivity (Wildman–Crippen MR) is 125 cm³/mol. The highest BCUT2D eigenvalue weighted by molar-refractivity contribution is 6.09. The molecule has 2 rings (SSSR count). The minimum atomic E-state index is -0.530. The third kappa shape index (κ3) is 6.32. The summed E-state index contributed by atoms with van der Waals surface area (Å²) in [7, 11) is 3.24. The van der Waals surface area contributed by atoms with E-state index in [9.17, 15) is 14.4 Å². The molecule has 0 radical (unpaired) electrons. The number of hydrogen-bond acceptors (Lipinski definition) is 6. The summed E-state index contributed by atoms with van der Waals surface area (Å²) in [4.78, 5) is 38.2. The lowest BCUT2D eigenvalue weighted by molar-refractivity contribution is -0.107. The number of nitrogens with one attached hydrogen (secondary N) is 3. The highest BCUT2D eigenvalue weighted by Gasteiger charge is 2.25. The van der Waals surface area contributed by atoms with Crippen molar-refractivity contribution in [3.63, 3.8) is 0 Å². The second kappa shape index (κ2) is 10.8. The van der Waals surface area contributed by atoms with Crippen molar-refractivity contribution in [2.75, 3.05) is 39.0 Å². The van der Waals surface area contributed by atoms with Gasteiger partial charge in [-0.15, -0.1) is 0 Å². The van der Waals surface area contributed by atoms with Crippen molar-refractivity contribution < 1.29 is 19.1 Å². The van der Waals surface area contributed by atoms with E-state index in [0.29, 0.717) is 30.8 Å². The molecular formula is C23H33N5O4. The van der Waals surface area contributed by atoms with E-state index in [1.807, 2.05) is 39.0 Å². The molecule has 0 aromatic heterocycles. The first kappa shape index (κ1) is 24.9. The number of anilines is 1. The van der Waals surface area contributed by atoms with E-state index in [0.717, 1.165) is 17.4 Å². The van der Waals surface area contributed by atoms with Crippen LogP contribution in [0.1, 0.15) is 44.7 Å². The highest BCUT2D eigenvalue weighted by Crippen LogP contribution is 2.28. The Hall–Kier alpha value is -3.36. The van der Waals surface area contributed by atoms with Crippen LogP contribution in [0.15, 0.2) is 24.3 Å². The van der Waals surface area contributed by atoms with Crippen molar-refractivity contribution >= 4 is 35.5 Å². The number of carbonyl (C=O) groups excluding carboxylic acids is 3. The van der Waals surface area contributed by atoms with Crippen LogP contribution in [0.4, 0.5) is 15.3 Å². The summed E-state index contributed by atoms with van der Waals surface area (Å²) in [5.41, 5.74) is 2.80. The zero-order chi connectivity index (χ0) is 23.9. The Morgan fingerprint density at radius 3 is 2.53 bits per heavy atom. The van der Waals surface area contributed by atoms with Gasteiger partial charge in [0, 0.05) is 51.4 Å². The summed E-state index contributed by atoms with van der Waals surface area (Å²) in [6, 6.07) is 5.18. The van der Waals surface area contributed by atoms with Gasteiger partial charge in [0.05, 0.1) is 0 Å². The lowest BCUT2D eigenvalue weighted by Crippen LogP contribution is -2.43. The first-order chi connectivity index (χ1) is 15.1. The Bertz CT molecular complexity index is 904. The van der Waals surface area contributed by atoms with Crippen LogP contribution < -0.4 is 10.6 Å². The minimum Gasteiger partial charge on any atom is -0.444 e. The van der Waals surface area contributed by atoms with Crippen LogP contribution in [0.5, 0.6) is 0 Å². The number of ether oxygens (including phenoxy) is 1. The average Bonchev–Trinajstić information content (AvgIpc) is 2.77. The van der Waals surface area contributed by atoms with E-state index in [4.69, 9.17) is 10.1 Å². The number of hydrogen-bond donors (Lipinski definition) is 3. The first-order valence-corrected chi connectivity index (χ1v) is 10.6. The van der Waals surface area contributed by atoms with Crippen molar-refractivity contribution in [2.24, 2.45) is 0 Å². The maximum Gasteiger partial charge on any atom is 0.410 e. The van der Waals surface area contributed by atoms with Gasteiger partial charge in [-0.2, -0.15) is 0 Å². The quantitative estimate of drug-likeness (QED) is 0.354. The largest absolute Gasteiger partial charge is 0.444 e. The number of amides is 3. The van der Waals surface area contributed by atoms with Crippen LogP contribution in [0, 0.1) is 5.41 Å². The van der Waals surface area contributed by atoms with E-state index < -0.39 is 11.6 Å². The van der Waals surface area contributed by atoms with Gasteiger partial charge in [0.1, 0.15) is 17.7 Å². The number of rotatable bonds is 6. The van der Waals surface area contributed by atoms with Gasteiger partial charge in [0.25, 0.3) is 0 Å². The summed E-state index contributed by atoms with van der Waals surface area (Å²) in [6.45, 7) is 6.69. The average molecular weight is 444 g/mol. The Morgan fingerprint density at radius 1 is 1.28 bits per heavy atom. The number of amidine groups is 1. The van der Waals surface area contributed by atoms with Gasteiger partial charge in [-0.1, -0.05) is 12.1 Å². The Morgan fingerprint density at radius 2 is 2.00 bits per heavy atom. The number of nitrogens with zero attached hydrogens (tertiary/aromatic N) is 2. The Balaban J connectivity index is 2.21. The molecule has 0 atom stereocenters. The second-order valence-electron chi connectivity index (χ2n) is 8.43. The SMILES string of the molecule is CNC(=O)N(CCC=O)C(=N)c1ccc(C2=CCN(C(=O)OC(C)(C)C)CC2)cc1NC.